The molecule has 27 heavy (non-hydrogen) atoms. The Hall–Kier alpha value is -2.14. The van der Waals surface area contributed by atoms with E-state index in [1.54, 1.807) is 0 Å². The van der Waals surface area contributed by atoms with E-state index in [1.165, 1.54) is 24.1 Å². The Balaban J connectivity index is 1.34. The Kier molecular flexibility index (Phi) is 5.87. The van der Waals surface area contributed by atoms with Crippen LogP contribution in [0.4, 0.5) is 0 Å². The average Bonchev–Trinajstić information content (AvgIpc) is 3.18. The van der Waals surface area contributed by atoms with Gasteiger partial charge in [-0.05, 0) is 61.3 Å². The van der Waals surface area contributed by atoms with Gasteiger partial charge >= 0.3 is 0 Å². The van der Waals surface area contributed by atoms with Gasteiger partial charge in [0.15, 0.2) is 0 Å². The highest BCUT2D eigenvalue weighted by Gasteiger charge is 2.20. The molecule has 0 saturated carbocycles. The molecule has 0 aliphatic carbocycles. The zero-order chi connectivity index (χ0) is 18.5. The first-order valence-corrected chi connectivity index (χ1v) is 9.92. The minimum atomic E-state index is 0.517. The maximum absolute atomic E-state index is 6.00. The van der Waals surface area contributed by atoms with Gasteiger partial charge in [-0.25, -0.2) is 0 Å². The SMILES string of the molecule is Clc1ccc(CN2CCC[C@H](NCc3cccn3-c3cccnc3)C2)cc1. The van der Waals surface area contributed by atoms with Crippen LogP contribution in [0.15, 0.2) is 67.1 Å². The van der Waals surface area contributed by atoms with Crippen LogP contribution in [-0.2, 0) is 13.1 Å². The number of pyridine rings is 1. The van der Waals surface area contributed by atoms with E-state index in [0.29, 0.717) is 6.04 Å². The predicted octanol–water partition coefficient (Wildman–Crippen LogP) is 4.28. The molecule has 1 atom stereocenters. The third-order valence-corrected chi connectivity index (χ3v) is 5.41. The summed E-state index contributed by atoms with van der Waals surface area (Å²) in [6.07, 6.45) is 8.27. The largest absolute Gasteiger partial charge is 0.318 e. The highest BCUT2D eigenvalue weighted by Crippen LogP contribution is 2.17. The fourth-order valence-electron chi connectivity index (χ4n) is 3.77. The summed E-state index contributed by atoms with van der Waals surface area (Å²) in [5.41, 5.74) is 3.69. The van der Waals surface area contributed by atoms with Crippen molar-refractivity contribution in [3.05, 3.63) is 83.4 Å². The molecule has 1 saturated heterocycles. The fraction of sp³-hybridized carbons (Fsp3) is 0.318. The molecule has 5 heteroatoms. The molecule has 3 aromatic rings. The normalized spacial score (nSPS) is 17.9. The second-order valence-electron chi connectivity index (χ2n) is 7.16. The van der Waals surface area contributed by atoms with Crippen LogP contribution in [0.5, 0.6) is 0 Å². The Morgan fingerprint density at radius 1 is 1.11 bits per heavy atom. The number of halogens is 1. The third-order valence-electron chi connectivity index (χ3n) is 5.15. The summed E-state index contributed by atoms with van der Waals surface area (Å²) < 4.78 is 2.20. The first kappa shape index (κ1) is 18.2. The summed E-state index contributed by atoms with van der Waals surface area (Å²) in [5.74, 6) is 0. The van der Waals surface area contributed by atoms with Crippen molar-refractivity contribution in [2.24, 2.45) is 0 Å². The number of nitrogens with one attached hydrogen (secondary N) is 1. The topological polar surface area (TPSA) is 33.1 Å². The smallest absolute Gasteiger partial charge is 0.0636 e. The number of rotatable bonds is 6. The Bertz CT molecular complexity index is 844. The molecular weight excluding hydrogens is 356 g/mol. The third kappa shape index (κ3) is 4.78. The molecule has 4 nitrogen and oxygen atoms in total. The molecule has 2 aromatic heterocycles. The van der Waals surface area contributed by atoms with Crippen molar-refractivity contribution in [2.75, 3.05) is 13.1 Å². The van der Waals surface area contributed by atoms with Crippen LogP contribution in [0.25, 0.3) is 5.69 Å². The second kappa shape index (κ2) is 8.70. The lowest BCUT2D eigenvalue weighted by Crippen LogP contribution is -2.45. The standard InChI is InChI=1S/C22H25ClN4/c23-19-9-7-18(8-10-19)16-26-12-2-4-20(17-26)25-15-22-6-3-13-27(22)21-5-1-11-24-14-21/h1,3,5-11,13-14,20,25H,2,4,12,15-17H2/t20-/m0/s1. The van der Waals surface area contributed by atoms with Gasteiger partial charge < -0.3 is 9.88 Å². The molecule has 1 fully saturated rings. The van der Waals surface area contributed by atoms with E-state index in [9.17, 15) is 0 Å². The lowest BCUT2D eigenvalue weighted by Gasteiger charge is -2.33. The van der Waals surface area contributed by atoms with Crippen molar-refractivity contribution in [2.45, 2.75) is 32.0 Å². The maximum atomic E-state index is 6.00. The van der Waals surface area contributed by atoms with E-state index in [-0.39, 0.29) is 0 Å². The van der Waals surface area contributed by atoms with Crippen molar-refractivity contribution in [3.63, 3.8) is 0 Å². The predicted molar refractivity (Wildman–Crippen MR) is 110 cm³/mol. The minimum Gasteiger partial charge on any atom is -0.318 e. The first-order valence-electron chi connectivity index (χ1n) is 9.55. The van der Waals surface area contributed by atoms with E-state index in [2.05, 4.69) is 56.3 Å². The molecule has 0 amide bonds. The number of likely N-dealkylation sites (tertiary alicyclic amines) is 1. The molecule has 3 heterocycles. The number of piperidine rings is 1. The lowest BCUT2D eigenvalue weighted by molar-refractivity contribution is 0.182. The number of benzene rings is 1. The summed E-state index contributed by atoms with van der Waals surface area (Å²) in [6.45, 7) is 4.09. The molecular formula is C22H25ClN4. The van der Waals surface area contributed by atoms with Gasteiger partial charge in [-0.1, -0.05) is 23.7 Å². The number of aromatic nitrogens is 2. The van der Waals surface area contributed by atoms with Crippen molar-refractivity contribution in [1.29, 1.82) is 0 Å². The molecule has 0 radical (unpaired) electrons. The zero-order valence-corrected chi connectivity index (χ0v) is 16.1. The van der Waals surface area contributed by atoms with Gasteiger partial charge in [0, 0.05) is 48.8 Å². The molecule has 0 bridgehead atoms. The maximum Gasteiger partial charge on any atom is 0.0636 e. The molecule has 0 unspecified atom stereocenters. The van der Waals surface area contributed by atoms with Crippen molar-refractivity contribution >= 4 is 11.6 Å². The van der Waals surface area contributed by atoms with Gasteiger partial charge in [-0.3, -0.25) is 9.88 Å². The van der Waals surface area contributed by atoms with Crippen molar-refractivity contribution < 1.29 is 0 Å². The van der Waals surface area contributed by atoms with Gasteiger partial charge in [-0.2, -0.15) is 0 Å². The van der Waals surface area contributed by atoms with Crippen LogP contribution in [0.2, 0.25) is 5.02 Å². The summed E-state index contributed by atoms with van der Waals surface area (Å²) in [7, 11) is 0. The van der Waals surface area contributed by atoms with Crippen LogP contribution in [-0.4, -0.2) is 33.6 Å². The van der Waals surface area contributed by atoms with Gasteiger partial charge in [0.1, 0.15) is 0 Å². The summed E-state index contributed by atoms with van der Waals surface area (Å²) in [6, 6.07) is 17.1. The van der Waals surface area contributed by atoms with Gasteiger partial charge in [0.05, 0.1) is 11.9 Å². The summed E-state index contributed by atoms with van der Waals surface area (Å²) in [5, 5.41) is 4.55. The van der Waals surface area contributed by atoms with E-state index in [4.69, 9.17) is 11.6 Å². The van der Waals surface area contributed by atoms with Crippen LogP contribution in [0, 0.1) is 0 Å². The number of nitrogens with zero attached hydrogens (tertiary/aromatic N) is 3. The highest BCUT2D eigenvalue weighted by atomic mass is 35.5. The molecule has 1 aliphatic heterocycles. The molecule has 1 aliphatic rings. The zero-order valence-electron chi connectivity index (χ0n) is 15.4. The van der Waals surface area contributed by atoms with Crippen LogP contribution in [0.3, 0.4) is 0 Å². The Morgan fingerprint density at radius 2 is 2.00 bits per heavy atom. The number of hydrogen-bond donors (Lipinski definition) is 1. The molecule has 1 N–H and O–H groups in total. The van der Waals surface area contributed by atoms with E-state index in [1.807, 2.05) is 30.6 Å². The first-order chi connectivity index (χ1) is 13.3. The van der Waals surface area contributed by atoms with Gasteiger partial charge in [0.25, 0.3) is 0 Å². The lowest BCUT2D eigenvalue weighted by atomic mass is 10.0. The van der Waals surface area contributed by atoms with E-state index in [0.717, 1.165) is 36.9 Å². The van der Waals surface area contributed by atoms with Crippen LogP contribution < -0.4 is 5.32 Å². The average molecular weight is 381 g/mol. The molecule has 0 spiro atoms. The second-order valence-corrected chi connectivity index (χ2v) is 7.60. The summed E-state index contributed by atoms with van der Waals surface area (Å²) in [4.78, 5) is 6.76. The van der Waals surface area contributed by atoms with Crippen molar-refractivity contribution in [3.8, 4) is 5.69 Å². The van der Waals surface area contributed by atoms with E-state index >= 15 is 0 Å². The van der Waals surface area contributed by atoms with Gasteiger partial charge in [-0.15, -0.1) is 0 Å². The fourth-order valence-corrected chi connectivity index (χ4v) is 3.90. The Morgan fingerprint density at radius 3 is 2.81 bits per heavy atom. The highest BCUT2D eigenvalue weighted by molar-refractivity contribution is 6.30. The molecule has 1 aromatic carbocycles. The number of hydrogen-bond acceptors (Lipinski definition) is 3. The van der Waals surface area contributed by atoms with Gasteiger partial charge in [0.2, 0.25) is 0 Å². The Labute approximate surface area is 165 Å². The van der Waals surface area contributed by atoms with E-state index < -0.39 is 0 Å². The summed E-state index contributed by atoms with van der Waals surface area (Å²) >= 11 is 6.00. The van der Waals surface area contributed by atoms with Crippen LogP contribution in [0.1, 0.15) is 24.1 Å². The minimum absolute atomic E-state index is 0.517. The molecule has 4 rings (SSSR count). The van der Waals surface area contributed by atoms with Crippen molar-refractivity contribution in [1.82, 2.24) is 19.8 Å². The van der Waals surface area contributed by atoms with Crippen LogP contribution >= 0.6 is 11.6 Å². The molecule has 140 valence electrons. The monoisotopic (exact) mass is 380 g/mol. The quantitative estimate of drug-likeness (QED) is 0.692.